The largest absolute Gasteiger partial charge is 0.391 e. The maximum absolute atomic E-state index is 9.68. The molecule has 0 aromatic carbocycles. The fraction of sp³-hybridized carbons (Fsp3) is 0.769. The Morgan fingerprint density at radius 3 is 2.89 bits per heavy atom. The molecule has 0 amide bonds. The Morgan fingerprint density at radius 2 is 2.28 bits per heavy atom. The first-order valence-corrected chi connectivity index (χ1v) is 6.79. The van der Waals surface area contributed by atoms with Crippen LogP contribution >= 0.6 is 0 Å². The molecular formula is C13H24N4O. The van der Waals surface area contributed by atoms with Crippen molar-refractivity contribution in [2.75, 3.05) is 24.5 Å². The van der Waals surface area contributed by atoms with Crippen LogP contribution in [0.5, 0.6) is 0 Å². The Kier molecular flexibility index (Phi) is 4.24. The predicted molar refractivity (Wildman–Crippen MR) is 72.8 cm³/mol. The number of nitrogens with zero attached hydrogens (tertiary/aromatic N) is 3. The third kappa shape index (κ3) is 2.67. The Hall–Kier alpha value is -1.07. The minimum absolute atomic E-state index is 0.198. The number of aliphatic hydroxyl groups is 1. The summed E-state index contributed by atoms with van der Waals surface area (Å²) in [7, 11) is 1.98. The average molecular weight is 252 g/mol. The van der Waals surface area contributed by atoms with Gasteiger partial charge in [-0.05, 0) is 26.3 Å². The van der Waals surface area contributed by atoms with Crippen molar-refractivity contribution in [3.8, 4) is 0 Å². The van der Waals surface area contributed by atoms with E-state index in [1.54, 1.807) is 0 Å². The molecule has 1 atom stereocenters. The summed E-state index contributed by atoms with van der Waals surface area (Å²) in [6.07, 6.45) is 1.79. The lowest BCUT2D eigenvalue weighted by molar-refractivity contribution is 0.198. The first-order valence-electron chi connectivity index (χ1n) is 6.79. The van der Waals surface area contributed by atoms with Gasteiger partial charge in [0.2, 0.25) is 0 Å². The SMILES string of the molecule is CCCNCc1c(C)nn(C)c1N1CCC(O)C1. The third-order valence-electron chi connectivity index (χ3n) is 3.50. The van der Waals surface area contributed by atoms with Gasteiger partial charge in [0.1, 0.15) is 5.82 Å². The molecule has 1 aliphatic heterocycles. The number of nitrogens with one attached hydrogen (secondary N) is 1. The normalized spacial score (nSPS) is 19.8. The zero-order valence-corrected chi connectivity index (χ0v) is 11.6. The maximum Gasteiger partial charge on any atom is 0.131 e. The smallest absolute Gasteiger partial charge is 0.131 e. The highest BCUT2D eigenvalue weighted by Crippen LogP contribution is 2.26. The number of hydrogen-bond acceptors (Lipinski definition) is 4. The first-order chi connectivity index (χ1) is 8.63. The van der Waals surface area contributed by atoms with E-state index < -0.39 is 0 Å². The first kappa shape index (κ1) is 13.4. The summed E-state index contributed by atoms with van der Waals surface area (Å²) >= 11 is 0. The minimum atomic E-state index is -0.198. The summed E-state index contributed by atoms with van der Waals surface area (Å²) in [6, 6.07) is 0. The second-order valence-corrected chi connectivity index (χ2v) is 5.08. The van der Waals surface area contributed by atoms with Gasteiger partial charge in [0, 0.05) is 32.2 Å². The summed E-state index contributed by atoms with van der Waals surface area (Å²) in [5.41, 5.74) is 2.34. The summed E-state index contributed by atoms with van der Waals surface area (Å²) in [4.78, 5) is 2.24. The number of aliphatic hydroxyl groups excluding tert-OH is 1. The zero-order valence-electron chi connectivity index (χ0n) is 11.6. The van der Waals surface area contributed by atoms with Gasteiger partial charge in [-0.15, -0.1) is 0 Å². The van der Waals surface area contributed by atoms with Gasteiger partial charge in [-0.1, -0.05) is 6.92 Å². The molecule has 1 aromatic heterocycles. The molecule has 5 nitrogen and oxygen atoms in total. The van der Waals surface area contributed by atoms with Crippen LogP contribution in [0.4, 0.5) is 5.82 Å². The van der Waals surface area contributed by atoms with Gasteiger partial charge in [-0.2, -0.15) is 5.10 Å². The minimum Gasteiger partial charge on any atom is -0.391 e. The van der Waals surface area contributed by atoms with Crippen molar-refractivity contribution in [2.24, 2.45) is 7.05 Å². The Labute approximate surface area is 109 Å². The second-order valence-electron chi connectivity index (χ2n) is 5.08. The fourth-order valence-corrected chi connectivity index (χ4v) is 2.62. The van der Waals surface area contributed by atoms with Crippen LogP contribution in [0.25, 0.3) is 0 Å². The molecule has 5 heteroatoms. The molecule has 18 heavy (non-hydrogen) atoms. The highest BCUT2D eigenvalue weighted by Gasteiger charge is 2.26. The number of hydrogen-bond donors (Lipinski definition) is 2. The molecule has 1 aliphatic rings. The summed E-state index contributed by atoms with van der Waals surface area (Å²) in [5.74, 6) is 1.16. The third-order valence-corrected chi connectivity index (χ3v) is 3.50. The van der Waals surface area contributed by atoms with Gasteiger partial charge in [0.25, 0.3) is 0 Å². The number of aryl methyl sites for hydroxylation is 2. The van der Waals surface area contributed by atoms with Gasteiger partial charge in [-0.25, -0.2) is 0 Å². The molecule has 0 radical (unpaired) electrons. The van der Waals surface area contributed by atoms with Gasteiger partial charge in [-0.3, -0.25) is 4.68 Å². The van der Waals surface area contributed by atoms with E-state index in [0.717, 1.165) is 50.5 Å². The van der Waals surface area contributed by atoms with Gasteiger partial charge < -0.3 is 15.3 Å². The van der Waals surface area contributed by atoms with E-state index in [4.69, 9.17) is 0 Å². The Balaban J connectivity index is 2.17. The molecule has 0 saturated carbocycles. The van der Waals surface area contributed by atoms with Crippen LogP contribution in [0.15, 0.2) is 0 Å². The molecule has 0 aliphatic carbocycles. The molecule has 1 aromatic rings. The predicted octanol–water partition coefficient (Wildman–Crippen LogP) is 0.799. The van der Waals surface area contributed by atoms with E-state index in [0.29, 0.717) is 0 Å². The molecule has 1 unspecified atom stereocenters. The van der Waals surface area contributed by atoms with Crippen molar-refractivity contribution >= 4 is 5.82 Å². The van der Waals surface area contributed by atoms with Crippen LogP contribution in [0.1, 0.15) is 31.0 Å². The van der Waals surface area contributed by atoms with Crippen LogP contribution in [0.2, 0.25) is 0 Å². The van der Waals surface area contributed by atoms with Gasteiger partial charge in [0.15, 0.2) is 0 Å². The quantitative estimate of drug-likeness (QED) is 0.761. The molecule has 102 valence electrons. The van der Waals surface area contributed by atoms with Crippen molar-refractivity contribution in [3.63, 3.8) is 0 Å². The topological polar surface area (TPSA) is 53.3 Å². The van der Waals surface area contributed by atoms with Gasteiger partial charge >= 0.3 is 0 Å². The molecule has 0 bridgehead atoms. The summed E-state index contributed by atoms with van der Waals surface area (Å²) in [6.45, 7) is 7.74. The number of β-amino-alcohol motifs (C(OH)–C–C–N with tert-alkyl or cyclic N) is 1. The number of anilines is 1. The molecule has 0 spiro atoms. The van der Waals surface area contributed by atoms with Crippen LogP contribution in [0.3, 0.4) is 0 Å². The summed E-state index contributed by atoms with van der Waals surface area (Å²) < 4.78 is 1.94. The lowest BCUT2D eigenvalue weighted by Crippen LogP contribution is -2.26. The maximum atomic E-state index is 9.68. The van der Waals surface area contributed by atoms with Crippen LogP contribution in [-0.2, 0) is 13.6 Å². The fourth-order valence-electron chi connectivity index (χ4n) is 2.62. The Morgan fingerprint density at radius 1 is 1.50 bits per heavy atom. The van der Waals surface area contributed by atoms with E-state index in [1.807, 2.05) is 11.7 Å². The van der Waals surface area contributed by atoms with E-state index >= 15 is 0 Å². The van der Waals surface area contributed by atoms with E-state index in [-0.39, 0.29) is 6.10 Å². The standard InChI is InChI=1S/C13H24N4O/c1-4-6-14-8-12-10(2)15-16(3)13(12)17-7-5-11(18)9-17/h11,14,18H,4-9H2,1-3H3. The van der Waals surface area contributed by atoms with Crippen molar-refractivity contribution in [1.29, 1.82) is 0 Å². The van der Waals surface area contributed by atoms with Gasteiger partial charge in [0.05, 0.1) is 11.8 Å². The van der Waals surface area contributed by atoms with Crippen LogP contribution < -0.4 is 10.2 Å². The highest BCUT2D eigenvalue weighted by molar-refractivity contribution is 5.51. The summed E-state index contributed by atoms with van der Waals surface area (Å²) in [5, 5.41) is 17.6. The molecule has 1 fully saturated rings. The lowest BCUT2D eigenvalue weighted by atomic mass is 10.2. The second kappa shape index (κ2) is 5.71. The number of rotatable bonds is 5. The average Bonchev–Trinajstić information content (AvgIpc) is 2.84. The molecule has 2 N–H and O–H groups in total. The van der Waals surface area contributed by atoms with Crippen molar-refractivity contribution in [3.05, 3.63) is 11.3 Å². The molecule has 1 saturated heterocycles. The lowest BCUT2D eigenvalue weighted by Gasteiger charge is -2.20. The van der Waals surface area contributed by atoms with E-state index in [9.17, 15) is 5.11 Å². The molecule has 2 rings (SSSR count). The number of aromatic nitrogens is 2. The van der Waals surface area contributed by atoms with Crippen molar-refractivity contribution in [1.82, 2.24) is 15.1 Å². The Bertz CT molecular complexity index is 402. The zero-order chi connectivity index (χ0) is 13.1. The van der Waals surface area contributed by atoms with Crippen molar-refractivity contribution in [2.45, 2.75) is 39.3 Å². The van der Waals surface area contributed by atoms with Crippen LogP contribution in [0, 0.1) is 6.92 Å². The molecular weight excluding hydrogens is 228 g/mol. The van der Waals surface area contributed by atoms with Crippen LogP contribution in [-0.4, -0.2) is 40.6 Å². The monoisotopic (exact) mass is 252 g/mol. The molecule has 2 heterocycles. The van der Waals surface area contributed by atoms with E-state index in [2.05, 4.69) is 29.2 Å². The van der Waals surface area contributed by atoms with E-state index in [1.165, 1.54) is 5.56 Å². The highest BCUT2D eigenvalue weighted by atomic mass is 16.3. The van der Waals surface area contributed by atoms with Crippen molar-refractivity contribution < 1.29 is 5.11 Å².